The molecule has 4 nitrogen and oxygen atoms in total. The summed E-state index contributed by atoms with van der Waals surface area (Å²) in [6.07, 6.45) is 1.71. The first-order valence-electron chi connectivity index (χ1n) is 6.44. The number of hydrogen-bond donors (Lipinski definition) is 1. The molecule has 1 aliphatic carbocycles. The minimum absolute atomic E-state index is 0.126. The normalized spacial score (nSPS) is 21.6. The van der Waals surface area contributed by atoms with Crippen molar-refractivity contribution in [2.75, 3.05) is 6.26 Å². The van der Waals surface area contributed by atoms with E-state index in [0.717, 1.165) is 22.6 Å². The SMILES string of the molecule is CS(=O)(=O)NC(=O)[C@H]1C[C@@H]1c1ccc2ccccc2c1. The lowest BCUT2D eigenvalue weighted by Gasteiger charge is -2.04. The Hall–Kier alpha value is -1.88. The molecule has 1 saturated carbocycles. The number of fused-ring (bicyclic) bond motifs is 1. The zero-order chi connectivity index (χ0) is 14.3. The second kappa shape index (κ2) is 4.59. The summed E-state index contributed by atoms with van der Waals surface area (Å²) in [5.74, 6) is -0.502. The minimum Gasteiger partial charge on any atom is -0.274 e. The van der Waals surface area contributed by atoms with Gasteiger partial charge in [0.15, 0.2) is 0 Å². The second-order valence-corrected chi connectivity index (χ2v) is 7.04. The van der Waals surface area contributed by atoms with Gasteiger partial charge in [0.2, 0.25) is 15.9 Å². The first-order valence-corrected chi connectivity index (χ1v) is 8.33. The van der Waals surface area contributed by atoms with Crippen molar-refractivity contribution in [3.63, 3.8) is 0 Å². The number of sulfonamides is 1. The van der Waals surface area contributed by atoms with Gasteiger partial charge in [0.25, 0.3) is 0 Å². The van der Waals surface area contributed by atoms with Crippen LogP contribution in [0.15, 0.2) is 42.5 Å². The average Bonchev–Trinajstić information content (AvgIpc) is 3.16. The molecule has 1 fully saturated rings. The molecule has 0 saturated heterocycles. The molecule has 0 radical (unpaired) electrons. The molecule has 2 aromatic carbocycles. The molecule has 0 unspecified atom stereocenters. The van der Waals surface area contributed by atoms with Gasteiger partial charge in [-0.25, -0.2) is 8.42 Å². The van der Waals surface area contributed by atoms with Gasteiger partial charge >= 0.3 is 0 Å². The van der Waals surface area contributed by atoms with Gasteiger partial charge < -0.3 is 0 Å². The van der Waals surface area contributed by atoms with Crippen LogP contribution in [0.2, 0.25) is 0 Å². The fourth-order valence-electron chi connectivity index (χ4n) is 2.55. The van der Waals surface area contributed by atoms with Crippen molar-refractivity contribution in [1.82, 2.24) is 4.72 Å². The lowest BCUT2D eigenvalue weighted by Crippen LogP contribution is -2.30. The smallest absolute Gasteiger partial charge is 0.237 e. The Morgan fingerprint density at radius 3 is 2.55 bits per heavy atom. The maximum absolute atomic E-state index is 11.8. The van der Waals surface area contributed by atoms with Crippen LogP contribution in [0.5, 0.6) is 0 Å². The van der Waals surface area contributed by atoms with E-state index in [9.17, 15) is 13.2 Å². The van der Waals surface area contributed by atoms with Crippen LogP contribution in [0.3, 0.4) is 0 Å². The van der Waals surface area contributed by atoms with Crippen LogP contribution in [0.1, 0.15) is 17.9 Å². The molecule has 1 aliphatic rings. The number of benzene rings is 2. The van der Waals surface area contributed by atoms with Crippen molar-refractivity contribution in [2.45, 2.75) is 12.3 Å². The largest absolute Gasteiger partial charge is 0.274 e. The van der Waals surface area contributed by atoms with Crippen LogP contribution in [0.4, 0.5) is 0 Å². The maximum Gasteiger partial charge on any atom is 0.237 e. The molecule has 0 bridgehead atoms. The summed E-state index contributed by atoms with van der Waals surface area (Å²) in [7, 11) is -3.47. The summed E-state index contributed by atoms with van der Waals surface area (Å²) in [5.41, 5.74) is 1.09. The molecule has 0 spiro atoms. The summed E-state index contributed by atoms with van der Waals surface area (Å²) in [4.78, 5) is 11.8. The molecule has 2 atom stereocenters. The van der Waals surface area contributed by atoms with Crippen LogP contribution in [0, 0.1) is 5.92 Å². The number of rotatable bonds is 3. The van der Waals surface area contributed by atoms with Crippen LogP contribution >= 0.6 is 0 Å². The van der Waals surface area contributed by atoms with Crippen LogP contribution in [-0.2, 0) is 14.8 Å². The molecule has 1 N–H and O–H groups in total. The van der Waals surface area contributed by atoms with E-state index in [2.05, 4.69) is 10.8 Å². The van der Waals surface area contributed by atoms with E-state index < -0.39 is 15.9 Å². The zero-order valence-corrected chi connectivity index (χ0v) is 11.9. The Morgan fingerprint density at radius 1 is 1.15 bits per heavy atom. The van der Waals surface area contributed by atoms with Crippen molar-refractivity contribution in [3.05, 3.63) is 48.0 Å². The third kappa shape index (κ3) is 2.67. The quantitative estimate of drug-likeness (QED) is 0.940. The Morgan fingerprint density at radius 2 is 1.85 bits per heavy atom. The molecule has 0 aliphatic heterocycles. The van der Waals surface area contributed by atoms with Crippen molar-refractivity contribution in [2.24, 2.45) is 5.92 Å². The number of carbonyl (C=O) groups excluding carboxylic acids is 1. The van der Waals surface area contributed by atoms with Gasteiger partial charge in [-0.2, -0.15) is 0 Å². The van der Waals surface area contributed by atoms with Crippen molar-refractivity contribution in [1.29, 1.82) is 0 Å². The van der Waals surface area contributed by atoms with Gasteiger partial charge in [0, 0.05) is 5.92 Å². The number of amides is 1. The summed E-state index contributed by atoms with van der Waals surface area (Å²) in [6.45, 7) is 0. The van der Waals surface area contributed by atoms with Gasteiger partial charge in [-0.15, -0.1) is 0 Å². The predicted octanol–water partition coefficient (Wildman–Crippen LogP) is 2.02. The van der Waals surface area contributed by atoms with Gasteiger partial charge in [0.05, 0.1) is 6.26 Å². The lowest BCUT2D eigenvalue weighted by molar-refractivity contribution is -0.120. The number of hydrogen-bond acceptors (Lipinski definition) is 3. The number of carbonyl (C=O) groups is 1. The van der Waals surface area contributed by atoms with Gasteiger partial charge in [-0.05, 0) is 28.7 Å². The van der Waals surface area contributed by atoms with Gasteiger partial charge in [-0.3, -0.25) is 9.52 Å². The van der Waals surface area contributed by atoms with E-state index >= 15 is 0 Å². The summed E-state index contributed by atoms with van der Waals surface area (Å²) >= 11 is 0. The Kier molecular flexibility index (Phi) is 3.01. The highest BCUT2D eigenvalue weighted by molar-refractivity contribution is 7.89. The highest BCUT2D eigenvalue weighted by Gasteiger charge is 2.44. The third-order valence-electron chi connectivity index (χ3n) is 3.61. The van der Waals surface area contributed by atoms with Gasteiger partial charge in [-0.1, -0.05) is 42.5 Å². The van der Waals surface area contributed by atoms with Crippen LogP contribution in [0.25, 0.3) is 10.8 Å². The number of nitrogens with one attached hydrogen (secondary N) is 1. The topological polar surface area (TPSA) is 63.2 Å². The van der Waals surface area contributed by atoms with Crippen molar-refractivity contribution in [3.8, 4) is 0 Å². The Labute approximate surface area is 117 Å². The maximum atomic E-state index is 11.8. The minimum atomic E-state index is -3.47. The predicted molar refractivity (Wildman–Crippen MR) is 77.8 cm³/mol. The monoisotopic (exact) mass is 289 g/mol. The summed E-state index contributed by atoms with van der Waals surface area (Å²) in [5, 5.41) is 2.30. The van der Waals surface area contributed by atoms with E-state index in [-0.39, 0.29) is 11.8 Å². The highest BCUT2D eigenvalue weighted by atomic mass is 32.2. The van der Waals surface area contributed by atoms with Crippen LogP contribution in [-0.4, -0.2) is 20.6 Å². The van der Waals surface area contributed by atoms with Crippen LogP contribution < -0.4 is 4.72 Å². The molecule has 104 valence electrons. The van der Waals surface area contributed by atoms with E-state index in [1.165, 1.54) is 0 Å². The molecule has 20 heavy (non-hydrogen) atoms. The first-order chi connectivity index (χ1) is 9.44. The van der Waals surface area contributed by atoms with E-state index in [0.29, 0.717) is 6.42 Å². The van der Waals surface area contributed by atoms with Gasteiger partial charge in [0.1, 0.15) is 0 Å². The molecule has 0 heterocycles. The van der Waals surface area contributed by atoms with Crippen molar-refractivity contribution < 1.29 is 13.2 Å². The summed E-state index contributed by atoms with van der Waals surface area (Å²) in [6, 6.07) is 14.2. The zero-order valence-electron chi connectivity index (χ0n) is 11.0. The average molecular weight is 289 g/mol. The molecular formula is C15H15NO3S. The Balaban J connectivity index is 1.79. The fourth-order valence-corrected chi connectivity index (χ4v) is 3.07. The van der Waals surface area contributed by atoms with E-state index in [1.807, 2.05) is 36.4 Å². The molecule has 1 amide bonds. The van der Waals surface area contributed by atoms with E-state index in [1.54, 1.807) is 0 Å². The molecule has 0 aromatic heterocycles. The van der Waals surface area contributed by atoms with E-state index in [4.69, 9.17) is 0 Å². The molecule has 2 aromatic rings. The Bertz CT molecular complexity index is 783. The first kappa shape index (κ1) is 13.1. The van der Waals surface area contributed by atoms with Crippen molar-refractivity contribution >= 4 is 26.7 Å². The highest BCUT2D eigenvalue weighted by Crippen LogP contribution is 2.48. The third-order valence-corrected chi connectivity index (χ3v) is 4.19. The fraction of sp³-hybridized carbons (Fsp3) is 0.267. The molecule has 3 rings (SSSR count). The summed E-state index contributed by atoms with van der Waals surface area (Å²) < 4.78 is 24.2. The molecular weight excluding hydrogens is 274 g/mol. The lowest BCUT2D eigenvalue weighted by atomic mass is 10.0. The molecule has 5 heteroatoms. The second-order valence-electron chi connectivity index (χ2n) is 5.29. The standard InChI is InChI=1S/C15H15NO3S/c1-20(18,19)16-15(17)14-9-13(14)12-7-6-10-4-2-3-5-11(10)8-12/h2-8,13-14H,9H2,1H3,(H,16,17)/t13-,14+/m1/s1.